The van der Waals surface area contributed by atoms with Crippen molar-refractivity contribution in [3.63, 3.8) is 0 Å². The van der Waals surface area contributed by atoms with Gasteiger partial charge in [-0.05, 0) is 71.7 Å². The summed E-state index contributed by atoms with van der Waals surface area (Å²) < 4.78 is 0. The minimum absolute atomic E-state index is 0.600. The van der Waals surface area contributed by atoms with Crippen LogP contribution in [0.4, 0.5) is 0 Å². The van der Waals surface area contributed by atoms with Crippen LogP contribution in [-0.2, 0) is 0 Å². The molecular formula is C29H32. The van der Waals surface area contributed by atoms with Crippen LogP contribution in [0.25, 0.3) is 22.4 Å². The number of hydrogen-bond acceptors (Lipinski definition) is 0. The minimum atomic E-state index is 0.600. The highest BCUT2D eigenvalue weighted by Crippen LogP contribution is 2.27. The van der Waals surface area contributed by atoms with E-state index in [9.17, 15) is 0 Å². The number of fused-ring (bicyclic) bond motifs is 1. The predicted molar refractivity (Wildman–Crippen MR) is 130 cm³/mol. The van der Waals surface area contributed by atoms with Gasteiger partial charge in [-0.25, -0.2) is 0 Å². The van der Waals surface area contributed by atoms with Gasteiger partial charge in [0.05, 0.1) is 0 Å². The van der Waals surface area contributed by atoms with Crippen LogP contribution in [0.1, 0.15) is 62.3 Å². The molecule has 148 valence electrons. The second kappa shape index (κ2) is 9.56. The third kappa shape index (κ3) is 5.15. The van der Waals surface area contributed by atoms with E-state index in [1.54, 1.807) is 0 Å². The molecule has 0 radical (unpaired) electrons. The van der Waals surface area contributed by atoms with Crippen LogP contribution in [0, 0.1) is 6.92 Å². The molecule has 3 rings (SSSR count). The van der Waals surface area contributed by atoms with Crippen molar-refractivity contribution in [3.8, 4) is 0 Å². The van der Waals surface area contributed by atoms with Gasteiger partial charge in [-0.15, -0.1) is 0 Å². The lowest BCUT2D eigenvalue weighted by atomic mass is 9.94. The van der Waals surface area contributed by atoms with Gasteiger partial charge < -0.3 is 0 Å². The molecule has 29 heavy (non-hydrogen) atoms. The molecule has 0 aliphatic rings. The Bertz CT molecular complexity index is 1050. The van der Waals surface area contributed by atoms with Gasteiger partial charge in [-0.3, -0.25) is 0 Å². The monoisotopic (exact) mass is 380 g/mol. The SMILES string of the molecule is CCC(C)c1ccc(C(/C=C/c2c(C)ccc3ccccc23)=C/C=C(C)C)cc1. The van der Waals surface area contributed by atoms with Crippen molar-refractivity contribution in [2.24, 2.45) is 0 Å². The maximum absolute atomic E-state index is 2.29. The summed E-state index contributed by atoms with van der Waals surface area (Å²) in [4.78, 5) is 0. The molecule has 0 bridgehead atoms. The zero-order valence-corrected chi connectivity index (χ0v) is 18.4. The van der Waals surface area contributed by atoms with E-state index in [-0.39, 0.29) is 0 Å². The lowest BCUT2D eigenvalue weighted by molar-refractivity contribution is 0.733. The van der Waals surface area contributed by atoms with Gasteiger partial charge in [0, 0.05) is 0 Å². The first kappa shape index (κ1) is 20.9. The fourth-order valence-corrected chi connectivity index (χ4v) is 3.54. The zero-order chi connectivity index (χ0) is 20.8. The van der Waals surface area contributed by atoms with Gasteiger partial charge in [0.25, 0.3) is 0 Å². The summed E-state index contributed by atoms with van der Waals surface area (Å²) in [5, 5.41) is 2.59. The van der Waals surface area contributed by atoms with Crippen LogP contribution in [0.2, 0.25) is 0 Å². The number of hydrogen-bond donors (Lipinski definition) is 0. The van der Waals surface area contributed by atoms with E-state index >= 15 is 0 Å². The predicted octanol–water partition coefficient (Wildman–Crippen LogP) is 8.72. The van der Waals surface area contributed by atoms with Crippen molar-refractivity contribution >= 4 is 22.4 Å². The van der Waals surface area contributed by atoms with Gasteiger partial charge in [0.15, 0.2) is 0 Å². The van der Waals surface area contributed by atoms with E-state index in [1.165, 1.54) is 50.6 Å². The molecule has 0 heterocycles. The summed E-state index contributed by atoms with van der Waals surface area (Å²) in [6.07, 6.45) is 10.1. The standard InChI is InChI=1S/C29H32/c1-6-22(4)24-15-17-26(18-16-24)25(13-11-21(2)3)19-20-28-23(5)12-14-27-9-7-8-10-29(27)28/h7-20,22H,6H2,1-5H3/b20-19+,25-13+. The number of aryl methyl sites for hydroxylation is 1. The Morgan fingerprint density at radius 1 is 0.897 bits per heavy atom. The summed E-state index contributed by atoms with van der Waals surface area (Å²) in [7, 11) is 0. The molecule has 0 aliphatic carbocycles. The van der Waals surface area contributed by atoms with E-state index in [0.29, 0.717) is 5.92 Å². The highest BCUT2D eigenvalue weighted by molar-refractivity contribution is 5.93. The highest BCUT2D eigenvalue weighted by atomic mass is 14.1. The van der Waals surface area contributed by atoms with Gasteiger partial charge in [-0.2, -0.15) is 0 Å². The van der Waals surface area contributed by atoms with Crippen LogP contribution in [0.15, 0.2) is 84.5 Å². The van der Waals surface area contributed by atoms with Crippen molar-refractivity contribution in [2.75, 3.05) is 0 Å². The van der Waals surface area contributed by atoms with E-state index in [2.05, 4.69) is 120 Å². The molecule has 0 saturated heterocycles. The van der Waals surface area contributed by atoms with Crippen LogP contribution in [0.5, 0.6) is 0 Å². The first-order chi connectivity index (χ1) is 14.0. The molecule has 0 aromatic heterocycles. The Balaban J connectivity index is 2.02. The third-order valence-corrected chi connectivity index (χ3v) is 5.64. The Labute approximate surface area is 176 Å². The largest absolute Gasteiger partial charge is 0.0764 e. The highest BCUT2D eigenvalue weighted by Gasteiger charge is 2.05. The van der Waals surface area contributed by atoms with Crippen molar-refractivity contribution in [1.82, 2.24) is 0 Å². The lowest BCUT2D eigenvalue weighted by Crippen LogP contribution is -1.91. The molecule has 0 spiro atoms. The molecule has 1 atom stereocenters. The first-order valence-electron chi connectivity index (χ1n) is 10.6. The van der Waals surface area contributed by atoms with E-state index in [1.807, 2.05) is 0 Å². The van der Waals surface area contributed by atoms with Crippen molar-refractivity contribution in [1.29, 1.82) is 0 Å². The topological polar surface area (TPSA) is 0 Å². The molecular weight excluding hydrogens is 348 g/mol. The molecule has 0 nitrogen and oxygen atoms in total. The molecule has 1 unspecified atom stereocenters. The molecule has 0 amide bonds. The summed E-state index contributed by atoms with van der Waals surface area (Å²) in [6, 6.07) is 22.1. The maximum atomic E-state index is 2.29. The fraction of sp³-hybridized carbons (Fsp3) is 0.241. The van der Waals surface area contributed by atoms with Crippen LogP contribution < -0.4 is 0 Å². The van der Waals surface area contributed by atoms with Gasteiger partial charge >= 0.3 is 0 Å². The Hall–Kier alpha value is -2.86. The molecule has 0 fully saturated rings. The average Bonchev–Trinajstić information content (AvgIpc) is 2.74. The maximum Gasteiger partial charge on any atom is -0.0109 e. The molecule has 0 heteroatoms. The van der Waals surface area contributed by atoms with E-state index in [0.717, 1.165) is 0 Å². The molecule has 0 N–H and O–H groups in total. The van der Waals surface area contributed by atoms with E-state index < -0.39 is 0 Å². The molecule has 3 aromatic carbocycles. The van der Waals surface area contributed by atoms with Crippen molar-refractivity contribution < 1.29 is 0 Å². The number of allylic oxidation sites excluding steroid dienone is 5. The van der Waals surface area contributed by atoms with Gasteiger partial charge in [0.2, 0.25) is 0 Å². The molecule has 0 saturated carbocycles. The zero-order valence-electron chi connectivity index (χ0n) is 18.4. The normalized spacial score (nSPS) is 13.1. The van der Waals surface area contributed by atoms with Crippen LogP contribution in [-0.4, -0.2) is 0 Å². The summed E-state index contributed by atoms with van der Waals surface area (Å²) >= 11 is 0. The molecule has 0 aliphatic heterocycles. The summed E-state index contributed by atoms with van der Waals surface area (Å²) in [5.74, 6) is 0.600. The average molecular weight is 381 g/mol. The molecule has 3 aromatic rings. The van der Waals surface area contributed by atoms with Crippen molar-refractivity contribution in [3.05, 3.63) is 107 Å². The number of rotatable bonds is 6. The van der Waals surface area contributed by atoms with E-state index in [4.69, 9.17) is 0 Å². The minimum Gasteiger partial charge on any atom is -0.0764 e. The summed E-state index contributed by atoms with van der Waals surface area (Å²) in [6.45, 7) is 11.0. The van der Waals surface area contributed by atoms with Crippen LogP contribution in [0.3, 0.4) is 0 Å². The van der Waals surface area contributed by atoms with Gasteiger partial charge in [0.1, 0.15) is 0 Å². The van der Waals surface area contributed by atoms with Crippen LogP contribution >= 0.6 is 0 Å². The van der Waals surface area contributed by atoms with Gasteiger partial charge in [-0.1, -0.05) is 104 Å². The Morgan fingerprint density at radius 3 is 2.31 bits per heavy atom. The quantitative estimate of drug-likeness (QED) is 0.375. The second-order valence-electron chi connectivity index (χ2n) is 8.15. The number of benzene rings is 3. The first-order valence-corrected chi connectivity index (χ1v) is 10.6. The Morgan fingerprint density at radius 2 is 1.62 bits per heavy atom. The smallest absolute Gasteiger partial charge is 0.0109 e. The Kier molecular flexibility index (Phi) is 6.88. The summed E-state index contributed by atoms with van der Waals surface area (Å²) in [5.41, 5.74) is 7.79. The fourth-order valence-electron chi connectivity index (χ4n) is 3.54. The van der Waals surface area contributed by atoms with Crippen molar-refractivity contribution in [2.45, 2.75) is 47.0 Å². The second-order valence-corrected chi connectivity index (χ2v) is 8.15. The lowest BCUT2D eigenvalue weighted by Gasteiger charge is -2.11. The third-order valence-electron chi connectivity index (χ3n) is 5.64.